The van der Waals surface area contributed by atoms with E-state index in [4.69, 9.17) is 14.6 Å². The second-order valence-electron chi connectivity index (χ2n) is 8.69. The quantitative estimate of drug-likeness (QED) is 0.344. The molecule has 0 spiro atoms. The van der Waals surface area contributed by atoms with Crippen molar-refractivity contribution in [2.75, 3.05) is 27.3 Å². The standard InChI is InChI=1S/C21H26N2O4.C8H11NO2/c1-4-26-20(24)15-19(17-10-12-22-13-11-17)27-21(25)18(23(2)3)14-16-8-6-5-7-9-16;10-6-3-8(11)7-1-4-9-5-2-7/h5-13,18-19H,4,14-15H2,1-3H3;1-2,4-5,8,10-11H,3,6H2/t18-,19-;8-/m00/s1. The molecule has 3 aromatic rings. The number of aliphatic hydroxyl groups excluding tert-OH is 2. The van der Waals surface area contributed by atoms with Crippen LogP contribution in [0.15, 0.2) is 79.4 Å². The monoisotopic (exact) mass is 523 g/mol. The molecular formula is C29H37N3O6. The average Bonchev–Trinajstić information content (AvgIpc) is 2.93. The SMILES string of the molecule is CCOC(=O)C[C@H](OC(=O)[C@H](Cc1ccccc1)N(C)C)c1ccncc1.OCC[C@H](O)c1ccncc1. The molecule has 2 N–H and O–H groups in total. The number of rotatable bonds is 12. The minimum atomic E-state index is -0.710. The van der Waals surface area contributed by atoms with Crippen molar-refractivity contribution in [1.29, 1.82) is 0 Å². The Morgan fingerprint density at radius 2 is 1.50 bits per heavy atom. The molecule has 0 unspecified atom stereocenters. The Morgan fingerprint density at radius 3 is 2.03 bits per heavy atom. The van der Waals surface area contributed by atoms with Crippen LogP contribution in [-0.4, -0.2) is 70.4 Å². The second kappa shape index (κ2) is 17.0. The van der Waals surface area contributed by atoms with E-state index in [2.05, 4.69) is 9.97 Å². The van der Waals surface area contributed by atoms with Crippen LogP contribution in [0.5, 0.6) is 0 Å². The number of esters is 2. The van der Waals surface area contributed by atoms with Crippen LogP contribution >= 0.6 is 0 Å². The first-order valence-corrected chi connectivity index (χ1v) is 12.5. The molecule has 2 aromatic heterocycles. The van der Waals surface area contributed by atoms with Crippen molar-refractivity contribution < 1.29 is 29.3 Å². The summed E-state index contributed by atoms with van der Waals surface area (Å²) in [5.41, 5.74) is 2.55. The first-order valence-electron chi connectivity index (χ1n) is 12.5. The predicted octanol–water partition coefficient (Wildman–Crippen LogP) is 3.29. The molecule has 9 heteroatoms. The van der Waals surface area contributed by atoms with Gasteiger partial charge in [0, 0.05) is 37.8 Å². The highest BCUT2D eigenvalue weighted by Gasteiger charge is 2.28. The van der Waals surface area contributed by atoms with E-state index in [0.717, 1.165) is 11.1 Å². The zero-order valence-corrected chi connectivity index (χ0v) is 22.1. The molecule has 3 atom stereocenters. The molecule has 0 amide bonds. The molecule has 9 nitrogen and oxygen atoms in total. The number of carbonyl (C=O) groups excluding carboxylic acids is 2. The maximum Gasteiger partial charge on any atom is 0.324 e. The molecule has 0 bridgehead atoms. The normalized spacial score (nSPS) is 13.0. The lowest BCUT2D eigenvalue weighted by atomic mass is 10.0. The third-order valence-corrected chi connectivity index (χ3v) is 5.65. The van der Waals surface area contributed by atoms with E-state index in [9.17, 15) is 14.7 Å². The Bertz CT molecular complexity index is 1070. The van der Waals surface area contributed by atoms with Gasteiger partial charge in [-0.05, 0) is 68.4 Å². The van der Waals surface area contributed by atoms with Crippen molar-refractivity contribution in [2.24, 2.45) is 0 Å². The lowest BCUT2D eigenvalue weighted by Gasteiger charge is -2.26. The molecule has 0 radical (unpaired) electrons. The third-order valence-electron chi connectivity index (χ3n) is 5.65. The maximum atomic E-state index is 12.9. The van der Waals surface area contributed by atoms with Crippen molar-refractivity contribution in [2.45, 2.75) is 44.4 Å². The van der Waals surface area contributed by atoms with E-state index >= 15 is 0 Å². The van der Waals surface area contributed by atoms with Gasteiger partial charge in [0.15, 0.2) is 0 Å². The van der Waals surface area contributed by atoms with Crippen LogP contribution in [0.25, 0.3) is 0 Å². The van der Waals surface area contributed by atoms with Crippen molar-refractivity contribution in [3.05, 3.63) is 96.1 Å². The lowest BCUT2D eigenvalue weighted by Crippen LogP contribution is -2.39. The van der Waals surface area contributed by atoms with Gasteiger partial charge < -0.3 is 19.7 Å². The van der Waals surface area contributed by atoms with Crippen molar-refractivity contribution in [3.63, 3.8) is 0 Å². The van der Waals surface area contributed by atoms with Crippen molar-refractivity contribution in [3.8, 4) is 0 Å². The van der Waals surface area contributed by atoms with Crippen LogP contribution in [0, 0.1) is 0 Å². The van der Waals surface area contributed by atoms with Gasteiger partial charge in [-0.25, -0.2) is 0 Å². The number of pyridine rings is 2. The summed E-state index contributed by atoms with van der Waals surface area (Å²) in [6.07, 6.45) is 6.05. The first-order chi connectivity index (χ1) is 18.3. The van der Waals surface area contributed by atoms with Crippen LogP contribution in [0.2, 0.25) is 0 Å². The summed E-state index contributed by atoms with van der Waals surface area (Å²) in [6.45, 7) is 2.03. The smallest absolute Gasteiger partial charge is 0.324 e. The van der Waals surface area contributed by atoms with Gasteiger partial charge in [-0.1, -0.05) is 30.3 Å². The molecule has 0 aliphatic rings. The van der Waals surface area contributed by atoms with Crippen molar-refractivity contribution in [1.82, 2.24) is 14.9 Å². The van der Waals surface area contributed by atoms with E-state index < -0.39 is 24.2 Å². The average molecular weight is 524 g/mol. The zero-order valence-electron chi connectivity index (χ0n) is 22.1. The predicted molar refractivity (Wildman–Crippen MR) is 143 cm³/mol. The minimum Gasteiger partial charge on any atom is -0.466 e. The number of hydrogen-bond donors (Lipinski definition) is 2. The largest absolute Gasteiger partial charge is 0.466 e. The van der Waals surface area contributed by atoms with Crippen LogP contribution < -0.4 is 0 Å². The summed E-state index contributed by atoms with van der Waals surface area (Å²) in [7, 11) is 3.67. The Morgan fingerprint density at radius 1 is 0.921 bits per heavy atom. The van der Waals surface area contributed by atoms with E-state index in [-0.39, 0.29) is 25.6 Å². The summed E-state index contributed by atoms with van der Waals surface area (Å²) in [5.74, 6) is -0.786. The Kier molecular flexibility index (Phi) is 13.6. The molecule has 0 saturated heterocycles. The number of ether oxygens (including phenoxy) is 2. The van der Waals surface area contributed by atoms with Crippen LogP contribution in [0.4, 0.5) is 0 Å². The maximum absolute atomic E-state index is 12.9. The number of nitrogens with zero attached hydrogens (tertiary/aromatic N) is 3. The number of likely N-dealkylation sites (N-methyl/N-ethyl adjacent to an activating group) is 1. The summed E-state index contributed by atoms with van der Waals surface area (Å²) in [6, 6.07) is 16.2. The van der Waals surface area contributed by atoms with E-state index in [1.165, 1.54) is 0 Å². The van der Waals surface area contributed by atoms with Gasteiger partial charge in [-0.3, -0.25) is 24.5 Å². The van der Waals surface area contributed by atoms with Gasteiger partial charge >= 0.3 is 11.9 Å². The molecule has 0 aliphatic carbocycles. The zero-order chi connectivity index (χ0) is 27.8. The number of hydrogen-bond acceptors (Lipinski definition) is 9. The number of benzene rings is 1. The van der Waals surface area contributed by atoms with Gasteiger partial charge in [0.2, 0.25) is 0 Å². The molecular weight excluding hydrogens is 486 g/mol. The Hall–Kier alpha value is -3.66. The highest BCUT2D eigenvalue weighted by molar-refractivity contribution is 5.77. The number of aromatic nitrogens is 2. The molecule has 0 fully saturated rings. The highest BCUT2D eigenvalue weighted by atomic mass is 16.6. The topological polar surface area (TPSA) is 122 Å². The van der Waals surface area contributed by atoms with Gasteiger partial charge in [-0.15, -0.1) is 0 Å². The first kappa shape index (κ1) is 30.6. The highest BCUT2D eigenvalue weighted by Crippen LogP contribution is 2.23. The van der Waals surface area contributed by atoms with Gasteiger partial charge in [0.1, 0.15) is 12.1 Å². The Labute approximate surface area is 224 Å². The molecule has 3 rings (SSSR count). The fraction of sp³-hybridized carbons (Fsp3) is 0.379. The third kappa shape index (κ3) is 10.8. The van der Waals surface area contributed by atoms with Crippen molar-refractivity contribution >= 4 is 11.9 Å². The fourth-order valence-electron chi connectivity index (χ4n) is 3.58. The van der Waals surface area contributed by atoms with E-state index in [1.807, 2.05) is 49.3 Å². The van der Waals surface area contributed by atoms with Gasteiger partial charge in [-0.2, -0.15) is 0 Å². The van der Waals surface area contributed by atoms with E-state index in [1.54, 1.807) is 56.0 Å². The number of aliphatic hydroxyl groups is 2. The second-order valence-corrected chi connectivity index (χ2v) is 8.69. The summed E-state index contributed by atoms with van der Waals surface area (Å²) >= 11 is 0. The molecule has 0 saturated carbocycles. The minimum absolute atomic E-state index is 0.00346. The molecule has 204 valence electrons. The molecule has 38 heavy (non-hydrogen) atoms. The fourth-order valence-corrected chi connectivity index (χ4v) is 3.58. The summed E-state index contributed by atoms with van der Waals surface area (Å²) in [5, 5.41) is 17.9. The van der Waals surface area contributed by atoms with Crippen LogP contribution in [0.1, 0.15) is 48.7 Å². The molecule has 2 heterocycles. The van der Waals surface area contributed by atoms with Gasteiger partial charge in [0.05, 0.1) is 19.1 Å². The Balaban J connectivity index is 0.000000384. The van der Waals surface area contributed by atoms with Crippen LogP contribution in [-0.2, 0) is 25.5 Å². The molecule has 0 aliphatic heterocycles. The molecule has 1 aromatic carbocycles. The van der Waals surface area contributed by atoms with Gasteiger partial charge in [0.25, 0.3) is 0 Å². The summed E-state index contributed by atoms with van der Waals surface area (Å²) < 4.78 is 10.8. The lowest BCUT2D eigenvalue weighted by molar-refractivity contribution is -0.159. The number of carbonyl (C=O) groups is 2. The van der Waals surface area contributed by atoms with Crippen LogP contribution in [0.3, 0.4) is 0 Å². The van der Waals surface area contributed by atoms with E-state index in [0.29, 0.717) is 18.4 Å². The summed E-state index contributed by atoms with van der Waals surface area (Å²) in [4.78, 5) is 34.5.